The third-order valence-corrected chi connectivity index (χ3v) is 4.19. The topological polar surface area (TPSA) is 50.8 Å². The molecule has 1 aromatic rings. The number of ether oxygens (including phenoxy) is 2. The predicted molar refractivity (Wildman–Crippen MR) is 98.5 cm³/mol. The zero-order valence-corrected chi connectivity index (χ0v) is 16.3. The van der Waals surface area contributed by atoms with Crippen molar-refractivity contribution in [3.8, 4) is 5.75 Å². The molecule has 0 aromatic heterocycles. The van der Waals surface area contributed by atoms with Crippen molar-refractivity contribution in [3.63, 3.8) is 0 Å². The molecular weight excluding hydrogens is 372 g/mol. The Bertz CT molecular complexity index is 545. The van der Waals surface area contributed by atoms with Crippen LogP contribution in [-0.2, 0) is 4.74 Å². The van der Waals surface area contributed by atoms with Gasteiger partial charge in [-0.25, -0.2) is 4.79 Å². The number of nitrogens with zero attached hydrogens (tertiary/aromatic N) is 1. The highest BCUT2D eigenvalue weighted by Gasteiger charge is 2.24. The maximum atomic E-state index is 11.9. The van der Waals surface area contributed by atoms with E-state index >= 15 is 0 Å². The number of nitrogens with one attached hydrogen (secondary N) is 1. The summed E-state index contributed by atoms with van der Waals surface area (Å²) in [6, 6.07) is 7.99. The van der Waals surface area contributed by atoms with E-state index < -0.39 is 5.60 Å². The Balaban J connectivity index is 1.72. The summed E-state index contributed by atoms with van der Waals surface area (Å²) in [5, 5.41) is 2.97. The Labute approximate surface area is 152 Å². The summed E-state index contributed by atoms with van der Waals surface area (Å²) in [6.07, 6.45) is 1.72. The monoisotopic (exact) mass is 398 g/mol. The molecule has 1 amide bonds. The summed E-state index contributed by atoms with van der Waals surface area (Å²) in [6.45, 7) is 8.97. The molecule has 1 atom stereocenters. The maximum absolute atomic E-state index is 11.9. The Kier molecular flexibility index (Phi) is 6.92. The molecular formula is C18H27BrN2O3. The molecule has 1 fully saturated rings. The molecule has 2 rings (SSSR count). The lowest BCUT2D eigenvalue weighted by molar-refractivity contribution is 0.0469. The van der Waals surface area contributed by atoms with E-state index in [-0.39, 0.29) is 12.1 Å². The second-order valence-electron chi connectivity index (χ2n) is 7.09. The van der Waals surface area contributed by atoms with E-state index in [9.17, 15) is 4.79 Å². The number of carbonyl (C=O) groups excluding carboxylic acids is 1. The molecule has 1 aromatic carbocycles. The van der Waals surface area contributed by atoms with Crippen LogP contribution in [0, 0.1) is 0 Å². The number of amides is 1. The minimum absolute atomic E-state index is 0.138. The van der Waals surface area contributed by atoms with Gasteiger partial charge in [-0.05, 0) is 58.4 Å². The van der Waals surface area contributed by atoms with Crippen LogP contribution in [0.15, 0.2) is 28.7 Å². The number of rotatable bonds is 5. The molecule has 24 heavy (non-hydrogen) atoms. The van der Waals surface area contributed by atoms with E-state index in [1.165, 1.54) is 0 Å². The number of alkyl carbamates (subject to hydrolysis) is 1. The summed E-state index contributed by atoms with van der Waals surface area (Å²) in [5.74, 6) is 0.866. The fraction of sp³-hybridized carbons (Fsp3) is 0.611. The van der Waals surface area contributed by atoms with Crippen LogP contribution in [0.4, 0.5) is 4.79 Å². The van der Waals surface area contributed by atoms with Crippen LogP contribution >= 0.6 is 15.9 Å². The first kappa shape index (κ1) is 19.1. The van der Waals surface area contributed by atoms with Gasteiger partial charge in [0, 0.05) is 23.6 Å². The molecule has 1 N–H and O–H groups in total. The van der Waals surface area contributed by atoms with Crippen molar-refractivity contribution in [1.82, 2.24) is 10.2 Å². The largest absolute Gasteiger partial charge is 0.492 e. The molecule has 0 unspecified atom stereocenters. The zero-order valence-electron chi connectivity index (χ0n) is 14.7. The Morgan fingerprint density at radius 3 is 2.92 bits per heavy atom. The molecule has 0 spiro atoms. The van der Waals surface area contributed by atoms with Gasteiger partial charge >= 0.3 is 6.09 Å². The molecule has 0 bridgehead atoms. The Morgan fingerprint density at radius 2 is 2.21 bits per heavy atom. The van der Waals surface area contributed by atoms with Crippen molar-refractivity contribution in [2.45, 2.75) is 45.3 Å². The van der Waals surface area contributed by atoms with Gasteiger partial charge in [0.15, 0.2) is 0 Å². The summed E-state index contributed by atoms with van der Waals surface area (Å²) in [5.41, 5.74) is -0.462. The van der Waals surface area contributed by atoms with E-state index in [4.69, 9.17) is 9.47 Å². The number of hydrogen-bond acceptors (Lipinski definition) is 4. The summed E-state index contributed by atoms with van der Waals surface area (Å²) >= 11 is 3.44. The third-order valence-electron chi connectivity index (χ3n) is 3.70. The molecule has 1 heterocycles. The number of carbonyl (C=O) groups is 1. The average molecular weight is 399 g/mol. The Hall–Kier alpha value is -1.27. The van der Waals surface area contributed by atoms with E-state index in [0.717, 1.165) is 42.7 Å². The molecule has 0 aliphatic carbocycles. The lowest BCUT2D eigenvalue weighted by Gasteiger charge is -2.33. The van der Waals surface area contributed by atoms with Crippen molar-refractivity contribution >= 4 is 22.0 Å². The van der Waals surface area contributed by atoms with Gasteiger partial charge in [0.2, 0.25) is 0 Å². The van der Waals surface area contributed by atoms with Gasteiger partial charge in [0.05, 0.1) is 0 Å². The van der Waals surface area contributed by atoms with Crippen molar-refractivity contribution in [3.05, 3.63) is 28.7 Å². The van der Waals surface area contributed by atoms with E-state index in [2.05, 4.69) is 26.1 Å². The fourth-order valence-corrected chi connectivity index (χ4v) is 3.08. The van der Waals surface area contributed by atoms with Gasteiger partial charge in [0.1, 0.15) is 18.0 Å². The molecule has 1 saturated heterocycles. The van der Waals surface area contributed by atoms with Crippen LogP contribution in [0.1, 0.15) is 33.6 Å². The summed E-state index contributed by atoms with van der Waals surface area (Å²) in [4.78, 5) is 14.2. The Morgan fingerprint density at radius 1 is 1.42 bits per heavy atom. The predicted octanol–water partition coefficient (Wildman–Crippen LogP) is 3.82. The van der Waals surface area contributed by atoms with Gasteiger partial charge in [-0.3, -0.25) is 4.90 Å². The highest BCUT2D eigenvalue weighted by Crippen LogP contribution is 2.18. The van der Waals surface area contributed by atoms with Crippen molar-refractivity contribution < 1.29 is 14.3 Å². The lowest BCUT2D eigenvalue weighted by Crippen LogP contribution is -2.49. The standard InChI is InChI=1S/C18H27BrN2O3/c1-18(2,3)24-17(22)20-15-7-5-9-21(13-15)10-11-23-16-8-4-6-14(19)12-16/h4,6,8,12,15H,5,7,9-11,13H2,1-3H3,(H,20,22)/t15-/m1/s1. The van der Waals surface area contributed by atoms with Crippen molar-refractivity contribution in [1.29, 1.82) is 0 Å². The van der Waals surface area contributed by atoms with Gasteiger partial charge < -0.3 is 14.8 Å². The first-order valence-electron chi connectivity index (χ1n) is 8.42. The first-order valence-corrected chi connectivity index (χ1v) is 9.21. The van der Waals surface area contributed by atoms with Crippen LogP contribution < -0.4 is 10.1 Å². The highest BCUT2D eigenvalue weighted by atomic mass is 79.9. The number of benzene rings is 1. The molecule has 6 heteroatoms. The number of halogens is 1. The average Bonchev–Trinajstić information content (AvgIpc) is 2.45. The minimum Gasteiger partial charge on any atom is -0.492 e. The van der Waals surface area contributed by atoms with Crippen LogP contribution in [-0.4, -0.2) is 48.9 Å². The molecule has 1 aliphatic heterocycles. The zero-order chi connectivity index (χ0) is 17.6. The fourth-order valence-electron chi connectivity index (χ4n) is 2.70. The normalized spacial score (nSPS) is 18.9. The molecule has 0 radical (unpaired) electrons. The third kappa shape index (κ3) is 7.09. The quantitative estimate of drug-likeness (QED) is 0.818. The second-order valence-corrected chi connectivity index (χ2v) is 8.01. The first-order chi connectivity index (χ1) is 11.3. The van der Waals surface area contributed by atoms with Crippen LogP contribution in [0.3, 0.4) is 0 Å². The SMILES string of the molecule is CC(C)(C)OC(=O)N[C@@H]1CCCN(CCOc2cccc(Br)c2)C1. The molecule has 134 valence electrons. The van der Waals surface area contributed by atoms with E-state index in [1.54, 1.807) is 0 Å². The molecule has 0 saturated carbocycles. The summed E-state index contributed by atoms with van der Waals surface area (Å²) in [7, 11) is 0. The molecule has 1 aliphatic rings. The van der Waals surface area contributed by atoms with E-state index in [1.807, 2.05) is 45.0 Å². The minimum atomic E-state index is -0.462. The van der Waals surface area contributed by atoms with Crippen LogP contribution in [0.25, 0.3) is 0 Å². The second kappa shape index (κ2) is 8.72. The van der Waals surface area contributed by atoms with E-state index in [0.29, 0.717) is 6.61 Å². The van der Waals surface area contributed by atoms with Gasteiger partial charge in [-0.2, -0.15) is 0 Å². The van der Waals surface area contributed by atoms with Crippen molar-refractivity contribution in [2.75, 3.05) is 26.2 Å². The van der Waals surface area contributed by atoms with Crippen molar-refractivity contribution in [2.24, 2.45) is 0 Å². The van der Waals surface area contributed by atoms with Gasteiger partial charge in [-0.1, -0.05) is 22.0 Å². The smallest absolute Gasteiger partial charge is 0.407 e. The van der Waals surface area contributed by atoms with Gasteiger partial charge in [0.25, 0.3) is 0 Å². The van der Waals surface area contributed by atoms with Crippen LogP contribution in [0.5, 0.6) is 5.75 Å². The number of hydrogen-bond donors (Lipinski definition) is 1. The van der Waals surface area contributed by atoms with Crippen LogP contribution in [0.2, 0.25) is 0 Å². The highest BCUT2D eigenvalue weighted by molar-refractivity contribution is 9.10. The number of piperidine rings is 1. The number of likely N-dealkylation sites (tertiary alicyclic amines) is 1. The summed E-state index contributed by atoms with van der Waals surface area (Å²) < 4.78 is 12.1. The molecule has 5 nitrogen and oxygen atoms in total. The maximum Gasteiger partial charge on any atom is 0.407 e. The lowest BCUT2D eigenvalue weighted by atomic mass is 10.1. The van der Waals surface area contributed by atoms with Gasteiger partial charge in [-0.15, -0.1) is 0 Å².